The standard InChI is InChI=1S/C15H16N2O/c1-2-3-8-15(18)16-10-9-12-11-17-14-7-5-4-6-13(12)14/h1,4-7,11,17H,3,8-10H2,(H,16,18). The molecule has 0 radical (unpaired) electrons. The minimum absolute atomic E-state index is 0.0211. The Bertz CT molecular complexity index is 577. The topological polar surface area (TPSA) is 44.9 Å². The van der Waals surface area contributed by atoms with Crippen LogP contribution in [0.15, 0.2) is 30.5 Å². The number of fused-ring (bicyclic) bond motifs is 1. The minimum Gasteiger partial charge on any atom is -0.361 e. The van der Waals surface area contributed by atoms with Crippen LogP contribution in [0.2, 0.25) is 0 Å². The molecule has 0 fully saturated rings. The van der Waals surface area contributed by atoms with E-state index in [1.54, 1.807) is 0 Å². The number of hydrogen-bond acceptors (Lipinski definition) is 1. The number of para-hydroxylation sites is 1. The van der Waals surface area contributed by atoms with E-state index in [0.29, 0.717) is 19.4 Å². The third-order valence-corrected chi connectivity index (χ3v) is 2.89. The molecule has 2 rings (SSSR count). The van der Waals surface area contributed by atoms with E-state index in [2.05, 4.69) is 22.3 Å². The molecule has 1 aromatic heterocycles. The van der Waals surface area contributed by atoms with Crippen LogP contribution in [0.1, 0.15) is 18.4 Å². The van der Waals surface area contributed by atoms with E-state index in [1.165, 1.54) is 10.9 Å². The first-order chi connectivity index (χ1) is 8.81. The van der Waals surface area contributed by atoms with Crippen molar-refractivity contribution in [3.05, 3.63) is 36.0 Å². The fourth-order valence-electron chi connectivity index (χ4n) is 1.95. The van der Waals surface area contributed by atoms with Crippen molar-refractivity contribution in [3.63, 3.8) is 0 Å². The number of terminal acetylenes is 1. The highest BCUT2D eigenvalue weighted by Gasteiger charge is 2.03. The molecule has 0 saturated heterocycles. The summed E-state index contributed by atoms with van der Waals surface area (Å²) in [4.78, 5) is 14.6. The highest BCUT2D eigenvalue weighted by Crippen LogP contribution is 2.17. The number of hydrogen-bond donors (Lipinski definition) is 2. The molecule has 92 valence electrons. The number of carbonyl (C=O) groups is 1. The zero-order valence-corrected chi connectivity index (χ0v) is 10.2. The second-order valence-electron chi connectivity index (χ2n) is 4.16. The molecule has 2 aromatic rings. The van der Waals surface area contributed by atoms with Gasteiger partial charge in [-0.25, -0.2) is 0 Å². The Morgan fingerprint density at radius 3 is 3.06 bits per heavy atom. The normalized spacial score (nSPS) is 10.2. The van der Waals surface area contributed by atoms with E-state index in [-0.39, 0.29) is 5.91 Å². The highest BCUT2D eigenvalue weighted by atomic mass is 16.1. The first-order valence-electron chi connectivity index (χ1n) is 6.06. The van der Waals surface area contributed by atoms with Crippen LogP contribution in [0.3, 0.4) is 0 Å². The Hall–Kier alpha value is -2.21. The summed E-state index contributed by atoms with van der Waals surface area (Å²) in [6, 6.07) is 8.15. The van der Waals surface area contributed by atoms with Gasteiger partial charge in [-0.05, 0) is 18.1 Å². The number of carbonyl (C=O) groups excluding carboxylic acids is 1. The Kier molecular flexibility index (Phi) is 4.03. The summed E-state index contributed by atoms with van der Waals surface area (Å²) in [6.07, 6.45) is 8.84. The van der Waals surface area contributed by atoms with E-state index in [9.17, 15) is 4.79 Å². The number of benzene rings is 1. The minimum atomic E-state index is 0.0211. The number of nitrogens with one attached hydrogen (secondary N) is 2. The van der Waals surface area contributed by atoms with E-state index in [0.717, 1.165) is 11.9 Å². The number of H-pyrrole nitrogens is 1. The molecule has 0 aliphatic carbocycles. The fraction of sp³-hybridized carbons (Fsp3) is 0.267. The molecular weight excluding hydrogens is 224 g/mol. The van der Waals surface area contributed by atoms with Gasteiger partial charge in [0.15, 0.2) is 0 Å². The molecule has 0 spiro atoms. The van der Waals surface area contributed by atoms with Gasteiger partial charge in [0.2, 0.25) is 5.91 Å². The second-order valence-corrected chi connectivity index (χ2v) is 4.16. The molecule has 1 amide bonds. The van der Waals surface area contributed by atoms with Crippen LogP contribution >= 0.6 is 0 Å². The smallest absolute Gasteiger partial charge is 0.220 e. The summed E-state index contributed by atoms with van der Waals surface area (Å²) in [6.45, 7) is 0.644. The summed E-state index contributed by atoms with van der Waals surface area (Å²) in [5.41, 5.74) is 2.36. The van der Waals surface area contributed by atoms with Crippen LogP contribution in [-0.4, -0.2) is 17.4 Å². The zero-order chi connectivity index (χ0) is 12.8. The highest BCUT2D eigenvalue weighted by molar-refractivity contribution is 5.83. The molecule has 0 unspecified atom stereocenters. The summed E-state index contributed by atoms with van der Waals surface area (Å²) in [7, 11) is 0. The Morgan fingerprint density at radius 2 is 2.22 bits per heavy atom. The fourth-order valence-corrected chi connectivity index (χ4v) is 1.95. The van der Waals surface area contributed by atoms with Crippen LogP contribution in [0.5, 0.6) is 0 Å². The van der Waals surface area contributed by atoms with Gasteiger partial charge in [0.25, 0.3) is 0 Å². The Labute approximate surface area is 107 Å². The predicted octanol–water partition coefficient (Wildman–Crippen LogP) is 2.24. The largest absolute Gasteiger partial charge is 0.361 e. The second kappa shape index (κ2) is 5.92. The van der Waals surface area contributed by atoms with Gasteiger partial charge in [0, 0.05) is 36.5 Å². The van der Waals surface area contributed by atoms with Gasteiger partial charge in [-0.15, -0.1) is 12.3 Å². The Morgan fingerprint density at radius 1 is 1.39 bits per heavy atom. The molecule has 0 saturated carbocycles. The third kappa shape index (κ3) is 2.92. The molecule has 0 atom stereocenters. The maximum atomic E-state index is 11.4. The van der Waals surface area contributed by atoms with Gasteiger partial charge in [0.05, 0.1) is 0 Å². The van der Waals surface area contributed by atoms with Crippen molar-refractivity contribution in [2.24, 2.45) is 0 Å². The predicted molar refractivity (Wildman–Crippen MR) is 73.1 cm³/mol. The molecule has 0 aliphatic rings. The number of aromatic amines is 1. The zero-order valence-electron chi connectivity index (χ0n) is 10.2. The van der Waals surface area contributed by atoms with Crippen molar-refractivity contribution < 1.29 is 4.79 Å². The molecule has 3 nitrogen and oxygen atoms in total. The van der Waals surface area contributed by atoms with Gasteiger partial charge in [-0.1, -0.05) is 18.2 Å². The first-order valence-corrected chi connectivity index (χ1v) is 6.06. The lowest BCUT2D eigenvalue weighted by atomic mass is 10.1. The Balaban J connectivity index is 1.87. The van der Waals surface area contributed by atoms with Gasteiger partial charge in [0.1, 0.15) is 0 Å². The van der Waals surface area contributed by atoms with Crippen molar-refractivity contribution in [2.75, 3.05) is 6.54 Å². The molecule has 1 aromatic carbocycles. The van der Waals surface area contributed by atoms with Crippen molar-refractivity contribution in [1.82, 2.24) is 10.3 Å². The lowest BCUT2D eigenvalue weighted by Gasteiger charge is -2.03. The molecule has 18 heavy (non-hydrogen) atoms. The molecular formula is C15H16N2O. The van der Waals surface area contributed by atoms with Gasteiger partial charge in [-0.3, -0.25) is 4.79 Å². The molecule has 1 heterocycles. The number of aromatic nitrogens is 1. The van der Waals surface area contributed by atoms with Crippen LogP contribution in [-0.2, 0) is 11.2 Å². The van der Waals surface area contributed by atoms with Crippen molar-refractivity contribution in [2.45, 2.75) is 19.3 Å². The van der Waals surface area contributed by atoms with Crippen molar-refractivity contribution in [1.29, 1.82) is 0 Å². The average Bonchev–Trinajstić information content (AvgIpc) is 2.80. The maximum absolute atomic E-state index is 11.4. The van der Waals surface area contributed by atoms with Crippen LogP contribution in [0.4, 0.5) is 0 Å². The molecule has 0 aliphatic heterocycles. The summed E-state index contributed by atoms with van der Waals surface area (Å²) >= 11 is 0. The van der Waals surface area contributed by atoms with Crippen LogP contribution < -0.4 is 5.32 Å². The van der Waals surface area contributed by atoms with E-state index in [4.69, 9.17) is 6.42 Å². The molecule has 2 N–H and O–H groups in total. The monoisotopic (exact) mass is 240 g/mol. The van der Waals surface area contributed by atoms with Crippen molar-refractivity contribution in [3.8, 4) is 12.3 Å². The number of rotatable bonds is 5. The quantitative estimate of drug-likeness (QED) is 0.773. The van der Waals surface area contributed by atoms with Crippen LogP contribution in [0, 0.1) is 12.3 Å². The van der Waals surface area contributed by atoms with Crippen LogP contribution in [0.25, 0.3) is 10.9 Å². The van der Waals surface area contributed by atoms with Gasteiger partial charge in [-0.2, -0.15) is 0 Å². The summed E-state index contributed by atoms with van der Waals surface area (Å²) in [5.74, 6) is 2.48. The lowest BCUT2D eigenvalue weighted by Crippen LogP contribution is -2.25. The third-order valence-electron chi connectivity index (χ3n) is 2.89. The lowest BCUT2D eigenvalue weighted by molar-refractivity contribution is -0.120. The molecule has 0 bridgehead atoms. The van der Waals surface area contributed by atoms with Gasteiger partial charge < -0.3 is 10.3 Å². The van der Waals surface area contributed by atoms with E-state index >= 15 is 0 Å². The average molecular weight is 240 g/mol. The SMILES string of the molecule is C#CCCC(=O)NCCc1c[nH]c2ccccc12. The van der Waals surface area contributed by atoms with Gasteiger partial charge >= 0.3 is 0 Å². The van der Waals surface area contributed by atoms with E-state index in [1.807, 2.05) is 24.4 Å². The van der Waals surface area contributed by atoms with Crippen molar-refractivity contribution >= 4 is 16.8 Å². The molecule has 3 heteroatoms. The van der Waals surface area contributed by atoms with E-state index < -0.39 is 0 Å². The first kappa shape index (κ1) is 12.3. The maximum Gasteiger partial charge on any atom is 0.220 e. The summed E-state index contributed by atoms with van der Waals surface area (Å²) < 4.78 is 0. The summed E-state index contributed by atoms with van der Waals surface area (Å²) in [5, 5.41) is 4.09. The number of amides is 1.